The second-order valence-corrected chi connectivity index (χ2v) is 8.39. The van der Waals surface area contributed by atoms with Crippen LogP contribution in [0.4, 0.5) is 0 Å². The van der Waals surface area contributed by atoms with Gasteiger partial charge < -0.3 is 10.0 Å². The van der Waals surface area contributed by atoms with E-state index in [0.29, 0.717) is 13.0 Å². The summed E-state index contributed by atoms with van der Waals surface area (Å²) in [7, 11) is 0. The highest BCUT2D eigenvalue weighted by Crippen LogP contribution is 2.45. The molecule has 4 rings (SSSR count). The van der Waals surface area contributed by atoms with Crippen LogP contribution in [0, 0.1) is 11.3 Å². The summed E-state index contributed by atoms with van der Waals surface area (Å²) in [4.78, 5) is 37.2. The van der Waals surface area contributed by atoms with Crippen LogP contribution in [0.1, 0.15) is 50.5 Å². The van der Waals surface area contributed by atoms with Crippen LogP contribution in [0.3, 0.4) is 0 Å². The number of carbonyl (C=O) groups is 2. The Bertz CT molecular complexity index is 726. The lowest BCUT2D eigenvalue weighted by molar-refractivity contribution is -0.148. The number of likely N-dealkylation sites (tertiary alicyclic amines) is 2. The molecule has 1 aromatic heterocycles. The number of aryl methyl sites for hydroxylation is 1. The summed E-state index contributed by atoms with van der Waals surface area (Å²) in [5.41, 5.74) is 1.00. The number of hydrogen-bond acceptors (Lipinski definition) is 5. The molecule has 0 radical (unpaired) electrons. The molecule has 27 heavy (non-hydrogen) atoms. The Kier molecular flexibility index (Phi) is 4.88. The third kappa shape index (κ3) is 3.83. The van der Waals surface area contributed by atoms with Gasteiger partial charge in [0.05, 0.1) is 5.69 Å². The molecule has 0 aromatic carbocycles. The second-order valence-electron chi connectivity index (χ2n) is 8.39. The minimum Gasteiger partial charge on any atom is -0.480 e. The van der Waals surface area contributed by atoms with E-state index in [4.69, 9.17) is 0 Å². The van der Waals surface area contributed by atoms with Crippen LogP contribution in [0.2, 0.25) is 0 Å². The summed E-state index contributed by atoms with van der Waals surface area (Å²) in [5, 5.41) is 9.63. The highest BCUT2D eigenvalue weighted by molar-refractivity contribution is 5.87. The van der Waals surface area contributed by atoms with E-state index < -0.39 is 12.0 Å². The van der Waals surface area contributed by atoms with Gasteiger partial charge in [-0.2, -0.15) is 0 Å². The summed E-state index contributed by atoms with van der Waals surface area (Å²) in [6, 6.07) is 1.33. The van der Waals surface area contributed by atoms with Gasteiger partial charge in [-0.1, -0.05) is 6.92 Å². The van der Waals surface area contributed by atoms with Crippen LogP contribution in [-0.4, -0.2) is 62.4 Å². The Morgan fingerprint density at radius 1 is 1.30 bits per heavy atom. The number of hydrogen-bond donors (Lipinski definition) is 1. The zero-order valence-electron chi connectivity index (χ0n) is 15.9. The maximum Gasteiger partial charge on any atom is 0.326 e. The van der Waals surface area contributed by atoms with Crippen molar-refractivity contribution in [3.8, 4) is 0 Å². The van der Waals surface area contributed by atoms with Gasteiger partial charge in [0.1, 0.15) is 11.9 Å². The molecule has 7 nitrogen and oxygen atoms in total. The first-order valence-corrected chi connectivity index (χ1v) is 10.1. The lowest BCUT2D eigenvalue weighted by Gasteiger charge is -2.39. The molecule has 146 valence electrons. The van der Waals surface area contributed by atoms with Gasteiger partial charge in [-0.3, -0.25) is 9.69 Å². The molecule has 1 spiro atoms. The van der Waals surface area contributed by atoms with E-state index in [1.165, 1.54) is 0 Å². The van der Waals surface area contributed by atoms with Crippen LogP contribution in [0.5, 0.6) is 0 Å². The smallest absolute Gasteiger partial charge is 0.326 e. The van der Waals surface area contributed by atoms with Crippen molar-refractivity contribution in [2.75, 3.05) is 19.6 Å². The van der Waals surface area contributed by atoms with Gasteiger partial charge in [-0.25, -0.2) is 14.8 Å². The van der Waals surface area contributed by atoms with Gasteiger partial charge >= 0.3 is 5.97 Å². The molecule has 1 saturated carbocycles. The van der Waals surface area contributed by atoms with Crippen molar-refractivity contribution in [1.82, 2.24) is 19.8 Å². The van der Waals surface area contributed by atoms with E-state index in [1.54, 1.807) is 4.90 Å². The number of aromatic nitrogens is 2. The van der Waals surface area contributed by atoms with E-state index in [0.717, 1.165) is 63.3 Å². The van der Waals surface area contributed by atoms with Crippen molar-refractivity contribution in [3.05, 3.63) is 23.8 Å². The molecule has 2 saturated heterocycles. The van der Waals surface area contributed by atoms with E-state index in [1.807, 2.05) is 12.3 Å². The molecule has 1 amide bonds. The van der Waals surface area contributed by atoms with Crippen molar-refractivity contribution in [2.24, 2.45) is 11.3 Å². The molecule has 3 aliphatic rings. The largest absolute Gasteiger partial charge is 0.480 e. The molecule has 1 N–H and O–H groups in total. The number of carboxylic acid groups (broad SMARTS) is 1. The Labute approximate surface area is 159 Å². The van der Waals surface area contributed by atoms with Crippen LogP contribution in [-0.2, 0) is 22.6 Å². The first kappa shape index (κ1) is 18.3. The van der Waals surface area contributed by atoms with Gasteiger partial charge in [0.15, 0.2) is 0 Å². The lowest BCUT2D eigenvalue weighted by Crippen LogP contribution is -2.43. The Morgan fingerprint density at radius 2 is 2.04 bits per heavy atom. The van der Waals surface area contributed by atoms with E-state index >= 15 is 0 Å². The number of nitrogens with zero attached hydrogens (tertiary/aromatic N) is 4. The fraction of sp³-hybridized carbons (Fsp3) is 0.700. The number of rotatable bonds is 5. The Hall–Kier alpha value is -2.02. The highest BCUT2D eigenvalue weighted by atomic mass is 16.4. The molecule has 3 heterocycles. The summed E-state index contributed by atoms with van der Waals surface area (Å²) < 4.78 is 0. The summed E-state index contributed by atoms with van der Waals surface area (Å²) in [6.07, 6.45) is 6.97. The van der Waals surface area contributed by atoms with Gasteiger partial charge in [0.25, 0.3) is 0 Å². The molecule has 2 aliphatic heterocycles. The first-order chi connectivity index (χ1) is 13.0. The predicted molar refractivity (Wildman–Crippen MR) is 98.8 cm³/mol. The third-order valence-corrected chi connectivity index (χ3v) is 6.38. The van der Waals surface area contributed by atoms with Crippen molar-refractivity contribution < 1.29 is 14.7 Å². The molecule has 1 aliphatic carbocycles. The predicted octanol–water partition coefficient (Wildman–Crippen LogP) is 1.72. The summed E-state index contributed by atoms with van der Waals surface area (Å²) in [6.45, 7) is 5.31. The van der Waals surface area contributed by atoms with Crippen LogP contribution >= 0.6 is 0 Å². The number of amides is 1. The van der Waals surface area contributed by atoms with Crippen molar-refractivity contribution in [1.29, 1.82) is 0 Å². The molecular weight excluding hydrogens is 344 g/mol. The lowest BCUT2D eigenvalue weighted by atomic mass is 9.76. The SMILES string of the molecule is CCc1nccc(CN2CCC3(CC2)CC(C(=O)O)N(C(=O)C2CC2)C3)n1. The Morgan fingerprint density at radius 3 is 2.67 bits per heavy atom. The third-order valence-electron chi connectivity index (χ3n) is 6.38. The van der Waals surface area contributed by atoms with Gasteiger partial charge in [-0.05, 0) is 56.7 Å². The normalized spacial score (nSPS) is 25.1. The number of piperidine rings is 1. The van der Waals surface area contributed by atoms with Gasteiger partial charge in [-0.15, -0.1) is 0 Å². The highest BCUT2D eigenvalue weighted by Gasteiger charge is 2.51. The maximum atomic E-state index is 12.6. The topological polar surface area (TPSA) is 86.6 Å². The Balaban J connectivity index is 1.38. The zero-order valence-corrected chi connectivity index (χ0v) is 15.9. The van der Waals surface area contributed by atoms with Crippen LogP contribution < -0.4 is 0 Å². The monoisotopic (exact) mass is 372 g/mol. The minimum atomic E-state index is -0.851. The average molecular weight is 372 g/mol. The van der Waals surface area contributed by atoms with E-state index in [9.17, 15) is 14.7 Å². The molecule has 3 fully saturated rings. The first-order valence-electron chi connectivity index (χ1n) is 10.1. The second kappa shape index (κ2) is 7.19. The van der Waals surface area contributed by atoms with Crippen molar-refractivity contribution in [2.45, 2.75) is 58.0 Å². The number of carbonyl (C=O) groups excluding carboxylic acids is 1. The van der Waals surface area contributed by atoms with E-state index in [-0.39, 0.29) is 17.2 Å². The molecule has 1 unspecified atom stereocenters. The fourth-order valence-corrected chi connectivity index (χ4v) is 4.55. The fourth-order valence-electron chi connectivity index (χ4n) is 4.55. The molecule has 1 atom stereocenters. The summed E-state index contributed by atoms with van der Waals surface area (Å²) >= 11 is 0. The average Bonchev–Trinajstić information content (AvgIpc) is 3.45. The molecule has 7 heteroatoms. The van der Waals surface area contributed by atoms with Crippen LogP contribution in [0.25, 0.3) is 0 Å². The minimum absolute atomic E-state index is 0.0373. The van der Waals surface area contributed by atoms with Crippen molar-refractivity contribution in [3.63, 3.8) is 0 Å². The zero-order chi connectivity index (χ0) is 19.0. The van der Waals surface area contributed by atoms with Crippen LogP contribution in [0.15, 0.2) is 12.3 Å². The van der Waals surface area contributed by atoms with E-state index in [2.05, 4.69) is 21.8 Å². The standard InChI is InChI=1S/C20H28N4O3/c1-2-17-21-8-5-15(22-17)12-23-9-6-20(7-10-23)11-16(19(26)27)24(13-20)18(25)14-3-4-14/h5,8,14,16H,2-4,6-7,9-13H2,1H3,(H,26,27). The molecule has 0 bridgehead atoms. The number of aliphatic carboxylic acids is 1. The quantitative estimate of drug-likeness (QED) is 0.847. The van der Waals surface area contributed by atoms with Gasteiger partial charge in [0, 0.05) is 31.6 Å². The van der Waals surface area contributed by atoms with Crippen molar-refractivity contribution >= 4 is 11.9 Å². The van der Waals surface area contributed by atoms with Gasteiger partial charge in [0.2, 0.25) is 5.91 Å². The molecular formula is C20H28N4O3. The number of carboxylic acids is 1. The molecule has 1 aromatic rings. The summed E-state index contributed by atoms with van der Waals surface area (Å²) in [5.74, 6) is 0.161. The maximum absolute atomic E-state index is 12.6.